The average molecular weight is 434 g/mol. The lowest BCUT2D eigenvalue weighted by Gasteiger charge is -2.13. The van der Waals surface area contributed by atoms with Gasteiger partial charge in [0.25, 0.3) is 11.8 Å². The van der Waals surface area contributed by atoms with Crippen LogP contribution in [0.2, 0.25) is 0 Å². The molecule has 7 nitrogen and oxygen atoms in total. The minimum atomic E-state index is -0.265. The van der Waals surface area contributed by atoms with Crippen LogP contribution in [0.25, 0.3) is 10.8 Å². The van der Waals surface area contributed by atoms with E-state index < -0.39 is 0 Å². The molecule has 0 bridgehead atoms. The van der Waals surface area contributed by atoms with Gasteiger partial charge in [-0.05, 0) is 43.0 Å². The van der Waals surface area contributed by atoms with E-state index in [1.165, 1.54) is 0 Å². The summed E-state index contributed by atoms with van der Waals surface area (Å²) in [6, 6.07) is 13.4. The van der Waals surface area contributed by atoms with Crippen LogP contribution >= 0.6 is 0 Å². The van der Waals surface area contributed by atoms with Crippen LogP contribution in [0.5, 0.6) is 0 Å². The van der Waals surface area contributed by atoms with Gasteiger partial charge < -0.3 is 14.5 Å². The summed E-state index contributed by atoms with van der Waals surface area (Å²) in [7, 11) is 1.63. The molecule has 0 spiro atoms. The largest absolute Gasteiger partial charge is 0.455 e. The molecule has 2 amide bonds. The van der Waals surface area contributed by atoms with Crippen molar-refractivity contribution in [3.63, 3.8) is 0 Å². The van der Waals surface area contributed by atoms with Gasteiger partial charge in [-0.25, -0.2) is 5.43 Å². The Morgan fingerprint density at radius 1 is 1.09 bits per heavy atom. The van der Waals surface area contributed by atoms with Gasteiger partial charge in [-0.15, -0.1) is 0 Å². The van der Waals surface area contributed by atoms with Crippen molar-refractivity contribution >= 4 is 28.3 Å². The number of rotatable bonds is 7. The van der Waals surface area contributed by atoms with Gasteiger partial charge in [0.1, 0.15) is 5.76 Å². The topological polar surface area (TPSA) is 92.9 Å². The van der Waals surface area contributed by atoms with Crippen LogP contribution in [0.3, 0.4) is 0 Å². The summed E-state index contributed by atoms with van der Waals surface area (Å²) in [6.07, 6.45) is 3.02. The van der Waals surface area contributed by atoms with Crippen LogP contribution in [-0.4, -0.2) is 37.8 Å². The molecule has 1 aliphatic carbocycles. The molecule has 0 saturated heterocycles. The van der Waals surface area contributed by atoms with E-state index in [4.69, 9.17) is 9.15 Å². The van der Waals surface area contributed by atoms with E-state index in [0.717, 1.165) is 52.6 Å². The second kappa shape index (κ2) is 9.78. The van der Waals surface area contributed by atoms with Crippen LogP contribution in [-0.2, 0) is 11.2 Å². The first-order valence-electron chi connectivity index (χ1n) is 10.8. The van der Waals surface area contributed by atoms with Crippen LogP contribution in [0, 0.1) is 6.92 Å². The molecule has 1 heterocycles. The number of hydrazone groups is 1. The molecule has 2 aromatic carbocycles. The SMILES string of the molecule is COCCCNC(=O)c1oc2c(c1C)/C(=N/NC(=O)c1cccc3ccccc13)CCC2. The van der Waals surface area contributed by atoms with E-state index in [2.05, 4.69) is 15.8 Å². The van der Waals surface area contributed by atoms with Crippen molar-refractivity contribution in [2.45, 2.75) is 32.6 Å². The fourth-order valence-corrected chi connectivity index (χ4v) is 4.10. The number of nitrogens with zero attached hydrogens (tertiary/aromatic N) is 1. The van der Waals surface area contributed by atoms with Crippen molar-refractivity contribution < 1.29 is 18.7 Å². The number of hydrogen-bond acceptors (Lipinski definition) is 5. The number of furan rings is 1. The van der Waals surface area contributed by atoms with E-state index in [-0.39, 0.29) is 11.8 Å². The summed E-state index contributed by atoms with van der Waals surface area (Å²) in [5, 5.41) is 9.18. The number of aryl methyl sites for hydroxylation is 1. The summed E-state index contributed by atoms with van der Waals surface area (Å²) in [4.78, 5) is 25.4. The van der Waals surface area contributed by atoms with E-state index in [1.807, 2.05) is 43.3 Å². The number of methoxy groups -OCH3 is 1. The molecule has 1 aliphatic rings. The van der Waals surface area contributed by atoms with E-state index in [0.29, 0.717) is 30.9 Å². The predicted octanol–water partition coefficient (Wildman–Crippen LogP) is 3.98. The lowest BCUT2D eigenvalue weighted by Crippen LogP contribution is -2.25. The van der Waals surface area contributed by atoms with Crippen molar-refractivity contribution in [3.05, 3.63) is 70.7 Å². The summed E-state index contributed by atoms with van der Waals surface area (Å²) in [5.74, 6) is 0.544. The Kier molecular flexibility index (Phi) is 6.66. The number of amides is 2. The first-order valence-corrected chi connectivity index (χ1v) is 10.8. The molecule has 166 valence electrons. The predicted molar refractivity (Wildman–Crippen MR) is 123 cm³/mol. The molecule has 0 fully saturated rings. The van der Waals surface area contributed by atoms with Crippen molar-refractivity contribution in [3.8, 4) is 0 Å². The highest BCUT2D eigenvalue weighted by atomic mass is 16.5. The molecule has 0 saturated carbocycles. The second-order valence-electron chi connectivity index (χ2n) is 7.84. The van der Waals surface area contributed by atoms with Crippen LogP contribution in [0.4, 0.5) is 0 Å². The summed E-state index contributed by atoms with van der Waals surface area (Å²) >= 11 is 0. The quantitative estimate of drug-likeness (QED) is 0.435. The summed E-state index contributed by atoms with van der Waals surface area (Å²) < 4.78 is 10.9. The van der Waals surface area contributed by atoms with Crippen molar-refractivity contribution in [1.29, 1.82) is 0 Å². The third-order valence-electron chi connectivity index (χ3n) is 5.67. The van der Waals surface area contributed by atoms with Crippen molar-refractivity contribution in [1.82, 2.24) is 10.7 Å². The first-order chi connectivity index (χ1) is 15.6. The van der Waals surface area contributed by atoms with E-state index in [9.17, 15) is 9.59 Å². The van der Waals surface area contributed by atoms with E-state index in [1.54, 1.807) is 13.2 Å². The minimum Gasteiger partial charge on any atom is -0.455 e. The Labute approximate surface area is 186 Å². The summed E-state index contributed by atoms with van der Waals surface area (Å²) in [5.41, 5.74) is 5.60. The van der Waals surface area contributed by atoms with Gasteiger partial charge in [0.15, 0.2) is 5.76 Å². The Morgan fingerprint density at radius 3 is 2.75 bits per heavy atom. The van der Waals surface area contributed by atoms with Gasteiger partial charge in [-0.2, -0.15) is 5.10 Å². The highest BCUT2D eigenvalue weighted by Crippen LogP contribution is 2.30. The standard InChI is InChI=1S/C25H27N3O4/c1-16-22-20(12-6-13-21(22)32-23(16)25(30)26-14-7-15-31-2)27-28-24(29)19-11-5-9-17-8-3-4-10-18(17)19/h3-5,8-11H,6-7,12-15H2,1-2H3,(H,26,30)(H,28,29)/b27-20+. The number of ether oxygens (including phenoxy) is 1. The number of nitrogens with one attached hydrogen (secondary N) is 2. The number of carbonyl (C=O) groups is 2. The zero-order valence-corrected chi connectivity index (χ0v) is 18.4. The first kappa shape index (κ1) is 21.8. The van der Waals surface area contributed by atoms with Crippen LogP contribution < -0.4 is 10.7 Å². The fraction of sp³-hybridized carbons (Fsp3) is 0.320. The molecule has 2 N–H and O–H groups in total. The molecule has 4 rings (SSSR count). The zero-order valence-electron chi connectivity index (χ0n) is 18.4. The molecular weight excluding hydrogens is 406 g/mol. The molecule has 0 radical (unpaired) electrons. The fourth-order valence-electron chi connectivity index (χ4n) is 4.10. The monoisotopic (exact) mass is 433 g/mol. The molecule has 0 aliphatic heterocycles. The number of hydrogen-bond donors (Lipinski definition) is 2. The van der Waals surface area contributed by atoms with Crippen molar-refractivity contribution in [2.24, 2.45) is 5.10 Å². The maximum absolute atomic E-state index is 12.9. The number of fused-ring (bicyclic) bond motifs is 2. The van der Waals surface area contributed by atoms with Crippen LogP contribution in [0.15, 0.2) is 52.0 Å². The molecule has 7 heteroatoms. The molecule has 32 heavy (non-hydrogen) atoms. The maximum Gasteiger partial charge on any atom is 0.287 e. The third-order valence-corrected chi connectivity index (χ3v) is 5.67. The maximum atomic E-state index is 12.9. The molecule has 1 aromatic heterocycles. The molecule has 3 aromatic rings. The minimum absolute atomic E-state index is 0.243. The molecule has 0 atom stereocenters. The molecular formula is C25H27N3O4. The second-order valence-corrected chi connectivity index (χ2v) is 7.84. The smallest absolute Gasteiger partial charge is 0.287 e. The lowest BCUT2D eigenvalue weighted by atomic mass is 9.93. The third kappa shape index (κ3) is 4.43. The average Bonchev–Trinajstić information content (AvgIpc) is 3.17. The zero-order chi connectivity index (χ0) is 22.5. The normalized spacial score (nSPS) is 14.4. The highest BCUT2D eigenvalue weighted by molar-refractivity contribution is 6.09. The van der Waals surface area contributed by atoms with Crippen LogP contribution in [0.1, 0.15) is 57.1 Å². The molecule has 0 unspecified atom stereocenters. The van der Waals surface area contributed by atoms with Gasteiger partial charge in [0.2, 0.25) is 0 Å². The van der Waals surface area contributed by atoms with Gasteiger partial charge in [-0.1, -0.05) is 36.4 Å². The van der Waals surface area contributed by atoms with E-state index >= 15 is 0 Å². The summed E-state index contributed by atoms with van der Waals surface area (Å²) in [6.45, 7) is 2.96. The van der Waals surface area contributed by atoms with Gasteiger partial charge in [0.05, 0.1) is 5.71 Å². The van der Waals surface area contributed by atoms with Crippen molar-refractivity contribution in [2.75, 3.05) is 20.3 Å². The highest BCUT2D eigenvalue weighted by Gasteiger charge is 2.28. The Bertz CT molecular complexity index is 1170. The lowest BCUT2D eigenvalue weighted by molar-refractivity contribution is 0.0916. The Morgan fingerprint density at radius 2 is 1.91 bits per heavy atom. The van der Waals surface area contributed by atoms with Gasteiger partial charge in [0, 0.05) is 43.4 Å². The Hall–Kier alpha value is -3.45. The van der Waals surface area contributed by atoms with Gasteiger partial charge >= 0.3 is 0 Å². The number of benzene rings is 2. The Balaban J connectivity index is 1.54. The number of carbonyl (C=O) groups excluding carboxylic acids is 2. The van der Waals surface area contributed by atoms with Gasteiger partial charge in [-0.3, -0.25) is 9.59 Å².